The summed E-state index contributed by atoms with van der Waals surface area (Å²) in [6.45, 7) is -0.0479. The lowest BCUT2D eigenvalue weighted by molar-refractivity contribution is -0.149. The number of aliphatic carboxylic acids is 2. The fourth-order valence-electron chi connectivity index (χ4n) is 1.94. The van der Waals surface area contributed by atoms with Gasteiger partial charge < -0.3 is 43.6 Å². The van der Waals surface area contributed by atoms with Crippen LogP contribution in [0.1, 0.15) is 18.4 Å². The maximum Gasteiger partial charge on any atom is 0.324 e. The molecule has 12 heteroatoms. The zero-order valence-corrected chi connectivity index (χ0v) is 16.5. The first kappa shape index (κ1) is 26.8. The van der Waals surface area contributed by atoms with Crippen molar-refractivity contribution in [3.05, 3.63) is 35.9 Å². The van der Waals surface area contributed by atoms with Crippen LogP contribution in [-0.4, -0.2) is 65.4 Å². The zero-order valence-electron chi connectivity index (χ0n) is 16.5. The smallest absolute Gasteiger partial charge is 0.324 e. The van der Waals surface area contributed by atoms with Crippen molar-refractivity contribution in [3.63, 3.8) is 0 Å². The van der Waals surface area contributed by atoms with Gasteiger partial charge in [-0.15, -0.1) is 0 Å². The highest BCUT2D eigenvalue weighted by Crippen LogP contribution is 2.01. The number of carbonyl (C=O) groups excluding carboxylic acids is 1. The largest absolute Gasteiger partial charge is 0.480 e. The Hall–Kier alpha value is -3.22. The highest BCUT2D eigenvalue weighted by molar-refractivity contribution is 5.77. The van der Waals surface area contributed by atoms with E-state index in [4.69, 9.17) is 38.9 Å². The van der Waals surface area contributed by atoms with E-state index in [1.807, 2.05) is 30.3 Å². The Balaban J connectivity index is 0.000000604. The van der Waals surface area contributed by atoms with Crippen LogP contribution in [0.2, 0.25) is 0 Å². The molecule has 0 fully saturated rings. The molecule has 12 nitrogen and oxygen atoms in total. The summed E-state index contributed by atoms with van der Waals surface area (Å²) in [5.74, 6) is -2.93. The molecule has 0 amide bonds. The van der Waals surface area contributed by atoms with Crippen LogP contribution in [-0.2, 0) is 25.5 Å². The second-order valence-corrected chi connectivity index (χ2v) is 6.26. The lowest BCUT2D eigenvalue weighted by atomic mass is 10.1. The van der Waals surface area contributed by atoms with Gasteiger partial charge >= 0.3 is 17.9 Å². The molecule has 0 aliphatic carbocycles. The first-order valence-corrected chi connectivity index (χ1v) is 9.02. The molecule has 0 spiro atoms. The van der Waals surface area contributed by atoms with Crippen molar-refractivity contribution in [2.45, 2.75) is 37.4 Å². The fourth-order valence-corrected chi connectivity index (χ4v) is 1.94. The molecule has 0 aliphatic heterocycles. The predicted molar refractivity (Wildman–Crippen MR) is 110 cm³/mol. The summed E-state index contributed by atoms with van der Waals surface area (Å²) < 4.78 is 4.65. The van der Waals surface area contributed by atoms with E-state index in [-0.39, 0.29) is 5.96 Å². The van der Waals surface area contributed by atoms with Crippen LogP contribution in [0.15, 0.2) is 35.3 Å². The van der Waals surface area contributed by atoms with E-state index in [1.165, 1.54) is 0 Å². The quantitative estimate of drug-likeness (QED) is 0.0879. The summed E-state index contributed by atoms with van der Waals surface area (Å²) in [5.41, 5.74) is 27.2. The van der Waals surface area contributed by atoms with E-state index in [0.717, 1.165) is 5.56 Å². The van der Waals surface area contributed by atoms with E-state index in [9.17, 15) is 14.4 Å². The highest BCUT2D eigenvalue weighted by atomic mass is 16.5. The van der Waals surface area contributed by atoms with E-state index >= 15 is 0 Å². The van der Waals surface area contributed by atoms with Crippen molar-refractivity contribution < 1.29 is 29.3 Å². The molecule has 1 aromatic rings. The second kappa shape index (κ2) is 14.7. The van der Waals surface area contributed by atoms with Gasteiger partial charge in [-0.3, -0.25) is 19.4 Å². The summed E-state index contributed by atoms with van der Waals surface area (Å²) in [7, 11) is 0. The van der Waals surface area contributed by atoms with Gasteiger partial charge in [-0.05, 0) is 24.8 Å². The lowest BCUT2D eigenvalue weighted by Crippen LogP contribution is -2.39. The summed E-state index contributed by atoms with van der Waals surface area (Å²) in [6, 6.07) is 6.45. The number of hydrogen-bond donors (Lipinski definition) is 7. The Morgan fingerprint density at radius 3 is 2.00 bits per heavy atom. The predicted octanol–water partition coefficient (Wildman–Crippen LogP) is -2.04. The third-order valence-electron chi connectivity index (χ3n) is 3.61. The molecule has 3 atom stereocenters. The van der Waals surface area contributed by atoms with Gasteiger partial charge in [0.25, 0.3) is 0 Å². The summed E-state index contributed by atoms with van der Waals surface area (Å²) >= 11 is 0. The maximum atomic E-state index is 11.3. The minimum atomic E-state index is -1.25. The summed E-state index contributed by atoms with van der Waals surface area (Å²) in [4.78, 5) is 35.8. The van der Waals surface area contributed by atoms with Gasteiger partial charge in [0.15, 0.2) is 5.96 Å². The zero-order chi connectivity index (χ0) is 23.1. The van der Waals surface area contributed by atoms with Gasteiger partial charge in [-0.25, -0.2) is 0 Å². The molecule has 0 heterocycles. The number of guanidine groups is 1. The Bertz CT molecular complexity index is 696. The number of benzene rings is 1. The molecular formula is C18H30N6O6. The summed E-state index contributed by atoms with van der Waals surface area (Å²) in [6.07, 6.45) is 1.23. The van der Waals surface area contributed by atoms with Crippen molar-refractivity contribution in [2.75, 3.05) is 13.2 Å². The first-order valence-electron chi connectivity index (χ1n) is 9.02. The van der Waals surface area contributed by atoms with Gasteiger partial charge in [0.2, 0.25) is 0 Å². The standard InChI is InChI=1S/C9H19N5O4.C9H11NO2/c10-5(2-1-3-14-9(12)13)8(17)18-4-6(11)7(15)16;10-8(9(11)12)6-7-4-2-1-3-5-7/h5-6H,1-4,10-11H2,(H,15,16)(H4,12,13,14);1-5,8H,6,10H2,(H,11,12)/t5-,6-;8-/m00/s1. The number of aliphatic imine (C=N–C) groups is 1. The monoisotopic (exact) mass is 426 g/mol. The van der Waals surface area contributed by atoms with Crippen LogP contribution >= 0.6 is 0 Å². The molecule has 0 saturated carbocycles. The SMILES string of the molecule is NC(N)=NCCC[C@H](N)C(=O)OC[C@H](N)C(=O)O.N[C@@H](Cc1ccccc1)C(=O)O. The molecule has 1 rings (SSSR count). The van der Waals surface area contributed by atoms with Crippen LogP contribution in [0.25, 0.3) is 0 Å². The third kappa shape index (κ3) is 13.0. The Labute approximate surface area is 174 Å². The normalized spacial score (nSPS) is 13.0. The number of esters is 1. The van der Waals surface area contributed by atoms with Gasteiger partial charge in [0, 0.05) is 6.54 Å². The number of carbonyl (C=O) groups is 3. The van der Waals surface area contributed by atoms with Crippen LogP contribution in [0, 0.1) is 0 Å². The van der Waals surface area contributed by atoms with Crippen LogP contribution in [0.4, 0.5) is 0 Å². The van der Waals surface area contributed by atoms with Crippen molar-refractivity contribution in [1.29, 1.82) is 0 Å². The average Bonchev–Trinajstić information content (AvgIpc) is 2.69. The molecule has 168 valence electrons. The highest BCUT2D eigenvalue weighted by Gasteiger charge is 2.18. The minimum absolute atomic E-state index is 0.0291. The van der Waals surface area contributed by atoms with Crippen molar-refractivity contribution >= 4 is 23.9 Å². The Morgan fingerprint density at radius 1 is 0.933 bits per heavy atom. The topological polar surface area (TPSA) is 243 Å². The number of nitrogens with zero attached hydrogens (tertiary/aromatic N) is 1. The Kier molecular flexibility index (Phi) is 13.2. The van der Waals surface area contributed by atoms with Gasteiger partial charge in [-0.2, -0.15) is 0 Å². The number of carboxylic acid groups (broad SMARTS) is 2. The second-order valence-electron chi connectivity index (χ2n) is 6.26. The fraction of sp³-hybridized carbons (Fsp3) is 0.444. The molecule has 30 heavy (non-hydrogen) atoms. The number of carboxylic acids is 2. The number of hydrogen-bond acceptors (Lipinski definition) is 8. The van der Waals surface area contributed by atoms with E-state index in [0.29, 0.717) is 25.8 Å². The number of ether oxygens (including phenoxy) is 1. The molecule has 0 unspecified atom stereocenters. The lowest BCUT2D eigenvalue weighted by Gasteiger charge is -2.12. The van der Waals surface area contributed by atoms with Gasteiger partial charge in [0.05, 0.1) is 0 Å². The maximum absolute atomic E-state index is 11.3. The van der Waals surface area contributed by atoms with Crippen molar-refractivity contribution in [2.24, 2.45) is 33.7 Å². The van der Waals surface area contributed by atoms with E-state index in [2.05, 4.69) is 9.73 Å². The average molecular weight is 426 g/mol. The minimum Gasteiger partial charge on any atom is -0.480 e. The molecule has 0 saturated heterocycles. The number of rotatable bonds is 11. The van der Waals surface area contributed by atoms with Gasteiger partial charge in [0.1, 0.15) is 24.7 Å². The van der Waals surface area contributed by atoms with E-state index < -0.39 is 42.6 Å². The van der Waals surface area contributed by atoms with Gasteiger partial charge in [-0.1, -0.05) is 30.3 Å². The molecule has 0 radical (unpaired) electrons. The molecular weight excluding hydrogens is 396 g/mol. The van der Waals surface area contributed by atoms with Crippen LogP contribution in [0.5, 0.6) is 0 Å². The molecule has 0 aliphatic rings. The first-order chi connectivity index (χ1) is 14.0. The number of nitrogens with two attached hydrogens (primary N) is 5. The van der Waals surface area contributed by atoms with Crippen LogP contribution < -0.4 is 28.7 Å². The van der Waals surface area contributed by atoms with E-state index in [1.54, 1.807) is 0 Å². The van der Waals surface area contributed by atoms with Crippen molar-refractivity contribution in [3.8, 4) is 0 Å². The van der Waals surface area contributed by atoms with Crippen molar-refractivity contribution in [1.82, 2.24) is 0 Å². The Morgan fingerprint density at radius 2 is 1.50 bits per heavy atom. The molecule has 0 bridgehead atoms. The molecule has 0 aromatic heterocycles. The van der Waals surface area contributed by atoms with Crippen LogP contribution in [0.3, 0.4) is 0 Å². The third-order valence-corrected chi connectivity index (χ3v) is 3.61. The summed E-state index contributed by atoms with van der Waals surface area (Å²) in [5, 5.41) is 17.0. The molecule has 12 N–H and O–H groups in total. The molecule has 1 aromatic carbocycles.